The highest BCUT2D eigenvalue weighted by Gasteiger charge is 1.89. The van der Waals surface area contributed by atoms with Crippen LogP contribution in [0.4, 0.5) is 0 Å². The first-order valence-corrected chi connectivity index (χ1v) is 1.39. The van der Waals surface area contributed by atoms with Crippen LogP contribution >= 0.6 is 0 Å². The van der Waals surface area contributed by atoms with Crippen molar-refractivity contribution in [2.45, 2.75) is 0 Å². The summed E-state index contributed by atoms with van der Waals surface area (Å²) in [4.78, 5) is 3.57. The molecular weight excluding hydrogens is 62.1 g/mol. The minimum Gasteiger partial charge on any atom is -0.194 e. The number of rotatable bonds is 1. The van der Waals surface area contributed by atoms with Crippen LogP contribution < -0.4 is 0 Å². The van der Waals surface area contributed by atoms with Crippen LogP contribution in [0.3, 0.4) is 0 Å². The quantitative estimate of drug-likeness (QED) is 0.427. The number of nitrogens with zero attached hydrogens (tertiary/aromatic N) is 1. The van der Waals surface area contributed by atoms with Gasteiger partial charge in [0.1, 0.15) is 5.70 Å². The summed E-state index contributed by atoms with van der Waals surface area (Å²) < 4.78 is 0. The minimum atomic E-state index is 0.894. The molecule has 0 N–H and O–H groups in total. The molecule has 0 saturated heterocycles. The first kappa shape index (κ1) is 2.43. The molecule has 0 spiro atoms. The maximum Gasteiger partial charge on any atom is 0.134 e. The van der Waals surface area contributed by atoms with E-state index in [1.54, 1.807) is 6.08 Å². The molecular formula is C4H3N. The number of aliphatic imine (C=N–C) groups is 1. The Hall–Kier alpha value is -0.810. The molecule has 1 aliphatic rings. The molecule has 1 rings (SSSR count). The van der Waals surface area contributed by atoms with E-state index in [-0.39, 0.29) is 0 Å². The fourth-order valence-electron chi connectivity index (χ4n) is 0.124. The van der Waals surface area contributed by atoms with Crippen LogP contribution in [0.15, 0.2) is 23.3 Å². The third-order valence-electron chi connectivity index (χ3n) is 0.434. The summed E-state index contributed by atoms with van der Waals surface area (Å²) in [5, 5.41) is 0. The van der Waals surface area contributed by atoms with Gasteiger partial charge in [0.25, 0.3) is 0 Å². The molecule has 0 aromatic heterocycles. The number of hydrogen-bond donors (Lipinski definition) is 0. The van der Waals surface area contributed by atoms with E-state index < -0.39 is 0 Å². The predicted molar refractivity (Wildman–Crippen MR) is 21.1 cm³/mol. The van der Waals surface area contributed by atoms with E-state index in [4.69, 9.17) is 0 Å². The Bertz CT molecular complexity index is 116. The maximum absolute atomic E-state index is 3.57. The van der Waals surface area contributed by atoms with Gasteiger partial charge < -0.3 is 0 Å². The highest BCUT2D eigenvalue weighted by Crippen LogP contribution is 1.98. The Morgan fingerprint density at radius 2 is 2.60 bits per heavy atom. The molecule has 0 radical (unpaired) electrons. The van der Waals surface area contributed by atoms with Gasteiger partial charge in [0.2, 0.25) is 0 Å². The van der Waals surface area contributed by atoms with Gasteiger partial charge in [-0.1, -0.05) is 6.58 Å². The molecule has 0 aromatic carbocycles. The zero-order chi connectivity index (χ0) is 3.70. The summed E-state index contributed by atoms with van der Waals surface area (Å²) in [6, 6.07) is 0. The van der Waals surface area contributed by atoms with E-state index in [2.05, 4.69) is 17.4 Å². The Labute approximate surface area is 30.3 Å². The summed E-state index contributed by atoms with van der Waals surface area (Å²) in [6.45, 7) is 3.43. The summed E-state index contributed by atoms with van der Waals surface area (Å²) in [5.41, 5.74) is 0.894. The van der Waals surface area contributed by atoms with E-state index in [9.17, 15) is 0 Å². The summed E-state index contributed by atoms with van der Waals surface area (Å²) in [5.74, 6) is 2.61. The maximum atomic E-state index is 3.57. The van der Waals surface area contributed by atoms with Gasteiger partial charge in [0.05, 0.1) is 0 Å². The van der Waals surface area contributed by atoms with Crippen molar-refractivity contribution in [2.75, 3.05) is 0 Å². The van der Waals surface area contributed by atoms with Crippen molar-refractivity contribution in [1.29, 1.82) is 0 Å². The lowest BCUT2D eigenvalue weighted by Crippen LogP contribution is -1.39. The van der Waals surface area contributed by atoms with Crippen molar-refractivity contribution >= 4 is 5.87 Å². The summed E-state index contributed by atoms with van der Waals surface area (Å²) >= 11 is 0. The van der Waals surface area contributed by atoms with Crippen LogP contribution in [-0.4, -0.2) is 5.87 Å². The average Bonchev–Trinajstić information content (AvgIpc) is 2.12. The van der Waals surface area contributed by atoms with Gasteiger partial charge in [-0.05, 0) is 6.08 Å². The van der Waals surface area contributed by atoms with Crippen molar-refractivity contribution < 1.29 is 0 Å². The highest BCUT2D eigenvalue weighted by molar-refractivity contribution is 5.75. The average molecular weight is 65.1 g/mol. The second-order valence-corrected chi connectivity index (χ2v) is 0.813. The molecule has 0 aliphatic carbocycles. The highest BCUT2D eigenvalue weighted by atomic mass is 14.8. The lowest BCUT2D eigenvalue weighted by atomic mass is 10.6. The summed E-state index contributed by atoms with van der Waals surface area (Å²) in [6.07, 6.45) is 1.67. The third kappa shape index (κ3) is 0.257. The molecule has 1 heteroatoms. The van der Waals surface area contributed by atoms with Crippen LogP contribution in [0.1, 0.15) is 0 Å². The Balaban J connectivity index is 2.58. The Morgan fingerprint density at radius 1 is 2.00 bits per heavy atom. The fraction of sp³-hybridized carbons (Fsp3) is 0. The molecule has 0 atom stereocenters. The fourth-order valence-corrected chi connectivity index (χ4v) is 0.124. The lowest BCUT2D eigenvalue weighted by Gasteiger charge is -1.52. The largest absolute Gasteiger partial charge is 0.194 e. The van der Waals surface area contributed by atoms with E-state index in [0.29, 0.717) is 0 Å². The van der Waals surface area contributed by atoms with Gasteiger partial charge in [-0.2, -0.15) is 4.99 Å². The normalized spacial score (nSPS) is 14.0. The molecule has 0 fully saturated rings. The van der Waals surface area contributed by atoms with Gasteiger partial charge in [0, 0.05) is 5.87 Å². The van der Waals surface area contributed by atoms with Gasteiger partial charge in [-0.3, -0.25) is 0 Å². The van der Waals surface area contributed by atoms with Gasteiger partial charge >= 0.3 is 0 Å². The van der Waals surface area contributed by atoms with E-state index in [0.717, 1.165) is 5.70 Å². The molecule has 0 saturated carbocycles. The molecule has 0 unspecified atom stereocenters. The third-order valence-corrected chi connectivity index (χ3v) is 0.434. The first-order valence-electron chi connectivity index (χ1n) is 1.39. The van der Waals surface area contributed by atoms with E-state index >= 15 is 0 Å². The molecule has 0 bridgehead atoms. The standard InChI is InChI=1S/C4H3N/c1-2-4-3-5-4/h2H,1H2. The molecule has 0 amide bonds. The molecule has 1 heterocycles. The van der Waals surface area contributed by atoms with Crippen molar-refractivity contribution in [3.63, 3.8) is 0 Å². The topological polar surface area (TPSA) is 12.4 Å². The first-order chi connectivity index (χ1) is 2.43. The van der Waals surface area contributed by atoms with Crippen LogP contribution in [0, 0.1) is 0 Å². The van der Waals surface area contributed by atoms with E-state index in [1.165, 1.54) is 0 Å². The van der Waals surface area contributed by atoms with Crippen molar-refractivity contribution in [3.05, 3.63) is 18.4 Å². The zero-order valence-electron chi connectivity index (χ0n) is 2.73. The van der Waals surface area contributed by atoms with Crippen molar-refractivity contribution in [1.82, 2.24) is 0 Å². The Kier molecular flexibility index (Phi) is 0.276. The van der Waals surface area contributed by atoms with Gasteiger partial charge in [-0.25, -0.2) is 0 Å². The molecule has 24 valence electrons. The molecule has 1 nitrogen and oxygen atoms in total. The second kappa shape index (κ2) is 0.568. The Morgan fingerprint density at radius 3 is 2.60 bits per heavy atom. The second-order valence-electron chi connectivity index (χ2n) is 0.813. The van der Waals surface area contributed by atoms with Crippen LogP contribution in [0.2, 0.25) is 0 Å². The predicted octanol–water partition coefficient (Wildman–Crippen LogP) is 0.740. The zero-order valence-corrected chi connectivity index (χ0v) is 2.73. The van der Waals surface area contributed by atoms with Gasteiger partial charge in [0.15, 0.2) is 0 Å². The van der Waals surface area contributed by atoms with Crippen LogP contribution in [-0.2, 0) is 0 Å². The molecule has 5 heavy (non-hydrogen) atoms. The van der Waals surface area contributed by atoms with Crippen molar-refractivity contribution in [3.8, 4) is 0 Å². The lowest BCUT2D eigenvalue weighted by molar-refractivity contribution is 1.63. The van der Waals surface area contributed by atoms with Crippen molar-refractivity contribution in [2.24, 2.45) is 4.99 Å². The van der Waals surface area contributed by atoms with Gasteiger partial charge in [-0.15, -0.1) is 0 Å². The molecule has 1 aliphatic heterocycles. The monoisotopic (exact) mass is 65.0 g/mol. The summed E-state index contributed by atoms with van der Waals surface area (Å²) in [7, 11) is 0. The van der Waals surface area contributed by atoms with Crippen LogP contribution in [0.25, 0.3) is 0 Å². The molecule has 0 aromatic rings. The number of hydrogen-bond acceptors (Lipinski definition) is 1. The smallest absolute Gasteiger partial charge is 0.134 e. The van der Waals surface area contributed by atoms with E-state index in [1.807, 2.05) is 0 Å². The van der Waals surface area contributed by atoms with Crippen LogP contribution in [0.5, 0.6) is 0 Å². The number of allylic oxidation sites excluding steroid dienone is 1. The SMILES string of the molecule is C=CC1=C=N1. The minimum absolute atomic E-state index is 0.894.